The minimum atomic E-state index is -6.00. The summed E-state index contributed by atoms with van der Waals surface area (Å²) in [7, 11) is -6.00. The number of H-pyrrole nitrogens is 1. The molecule has 0 amide bonds. The van der Waals surface area contributed by atoms with Crippen LogP contribution in [0.25, 0.3) is 33.8 Å². The largest absolute Gasteiger partial charge is 0.673 e. The molecule has 1 N–H and O–H groups in total. The molecule has 0 unspecified atom stereocenters. The molecule has 0 bridgehead atoms. The Labute approximate surface area is 166 Å². The first-order valence-electron chi connectivity index (χ1n) is 8.87. The third kappa shape index (κ3) is 6.28. The number of rotatable bonds is 3. The third-order valence-corrected chi connectivity index (χ3v) is 3.99. The second-order valence-corrected chi connectivity index (χ2v) is 6.13. The molecule has 2 aromatic carbocycles. The third-order valence-electron chi connectivity index (χ3n) is 3.99. The van der Waals surface area contributed by atoms with E-state index in [9.17, 15) is 17.3 Å². The summed E-state index contributed by atoms with van der Waals surface area (Å²) in [4.78, 5) is 8.15. The average molecular weight is 396 g/mol. The molecular formula is C22H17BF4N2. The van der Waals surface area contributed by atoms with Gasteiger partial charge < -0.3 is 17.3 Å². The van der Waals surface area contributed by atoms with Gasteiger partial charge in [0.25, 0.3) is 0 Å². The number of nitrogens with zero attached hydrogens (tertiary/aromatic N) is 1. The maximum Gasteiger partial charge on any atom is 0.673 e. The van der Waals surface area contributed by atoms with Crippen LogP contribution < -0.4 is 4.98 Å². The molecule has 4 rings (SSSR count). The number of nitrogens with one attached hydrogen (secondary N) is 1. The van der Waals surface area contributed by atoms with Gasteiger partial charge in [0.1, 0.15) is 5.69 Å². The zero-order valence-corrected chi connectivity index (χ0v) is 15.3. The van der Waals surface area contributed by atoms with Crippen LogP contribution in [-0.4, -0.2) is 12.2 Å². The number of halogens is 4. The van der Waals surface area contributed by atoms with Gasteiger partial charge in [0, 0.05) is 17.7 Å². The van der Waals surface area contributed by atoms with E-state index < -0.39 is 7.25 Å². The number of hydrogen-bond acceptors (Lipinski definition) is 1. The van der Waals surface area contributed by atoms with Crippen LogP contribution >= 0.6 is 0 Å². The summed E-state index contributed by atoms with van der Waals surface area (Å²) in [6, 6.07) is 31.0. The number of pyridine rings is 2. The van der Waals surface area contributed by atoms with Crippen molar-refractivity contribution in [2.45, 2.75) is 0 Å². The van der Waals surface area contributed by atoms with Crippen molar-refractivity contribution < 1.29 is 22.2 Å². The lowest BCUT2D eigenvalue weighted by molar-refractivity contribution is -0.364. The standard InChI is InChI=1S/C22H16N2.BF4/c1-3-9-17(10-4-1)19-15-21(18-11-5-2-6-12-18)24-22(16-19)20-13-7-8-14-23-20;2-1(3,4)5/h1-16H;/q;-1/p+1. The molecule has 2 nitrogen and oxygen atoms in total. The molecule has 146 valence electrons. The maximum atomic E-state index is 9.75. The Morgan fingerprint density at radius 1 is 0.586 bits per heavy atom. The van der Waals surface area contributed by atoms with Gasteiger partial charge in [0.15, 0.2) is 6.20 Å². The Balaban J connectivity index is 0.000000431. The smallest absolute Gasteiger partial charge is 0.418 e. The Hall–Kier alpha value is -3.48. The van der Waals surface area contributed by atoms with Crippen LogP contribution in [0, 0.1) is 0 Å². The van der Waals surface area contributed by atoms with Gasteiger partial charge in [0.2, 0.25) is 5.69 Å². The number of benzene rings is 2. The Morgan fingerprint density at radius 3 is 1.66 bits per heavy atom. The van der Waals surface area contributed by atoms with Crippen molar-refractivity contribution in [2.24, 2.45) is 0 Å². The summed E-state index contributed by atoms with van der Waals surface area (Å²) >= 11 is 0. The molecule has 0 aliphatic heterocycles. The van der Waals surface area contributed by atoms with E-state index in [4.69, 9.17) is 4.98 Å². The van der Waals surface area contributed by atoms with E-state index in [0.29, 0.717) is 0 Å². The van der Waals surface area contributed by atoms with Crippen LogP contribution in [0.4, 0.5) is 17.3 Å². The van der Waals surface area contributed by atoms with E-state index in [1.165, 1.54) is 5.56 Å². The highest BCUT2D eigenvalue weighted by Crippen LogP contribution is 2.28. The number of hydrogen-bond donors (Lipinski definition) is 0. The first-order chi connectivity index (χ1) is 13.9. The van der Waals surface area contributed by atoms with E-state index in [-0.39, 0.29) is 0 Å². The molecule has 0 atom stereocenters. The molecule has 0 saturated heterocycles. The Bertz CT molecular complexity index is 895. The molecule has 2 heterocycles. The Morgan fingerprint density at radius 2 is 1.10 bits per heavy atom. The van der Waals surface area contributed by atoms with Gasteiger partial charge in [-0.1, -0.05) is 60.7 Å². The van der Waals surface area contributed by atoms with Crippen LogP contribution in [0.15, 0.2) is 97.2 Å². The van der Waals surface area contributed by atoms with Crippen LogP contribution in [0.5, 0.6) is 0 Å². The van der Waals surface area contributed by atoms with E-state index in [1.807, 2.05) is 48.7 Å². The second-order valence-electron chi connectivity index (χ2n) is 6.13. The fraction of sp³-hybridized carbons (Fsp3) is 0. The lowest BCUT2D eigenvalue weighted by Crippen LogP contribution is -2.06. The normalized spacial score (nSPS) is 10.8. The molecular weight excluding hydrogens is 379 g/mol. The van der Waals surface area contributed by atoms with Gasteiger partial charge in [-0.15, -0.1) is 0 Å². The van der Waals surface area contributed by atoms with E-state index in [2.05, 4.69) is 53.5 Å². The molecule has 0 saturated carbocycles. The zero-order chi connectivity index (χ0) is 20.7. The van der Waals surface area contributed by atoms with E-state index in [0.717, 1.165) is 28.2 Å². The quantitative estimate of drug-likeness (QED) is 0.299. The lowest BCUT2D eigenvalue weighted by Gasteiger charge is -2.08. The first kappa shape index (κ1) is 20.3. The molecule has 7 heteroatoms. The van der Waals surface area contributed by atoms with Crippen LogP contribution in [-0.2, 0) is 0 Å². The van der Waals surface area contributed by atoms with Crippen molar-refractivity contribution in [2.75, 3.05) is 0 Å². The van der Waals surface area contributed by atoms with Crippen molar-refractivity contribution in [3.8, 4) is 33.8 Å². The lowest BCUT2D eigenvalue weighted by atomic mass is 10.0. The zero-order valence-electron chi connectivity index (χ0n) is 15.3. The molecule has 2 aromatic heterocycles. The molecule has 29 heavy (non-hydrogen) atoms. The van der Waals surface area contributed by atoms with Gasteiger partial charge >= 0.3 is 7.25 Å². The molecule has 0 spiro atoms. The Kier molecular flexibility index (Phi) is 6.39. The first-order valence-corrected chi connectivity index (χ1v) is 8.87. The van der Waals surface area contributed by atoms with Gasteiger partial charge in [-0.05, 0) is 29.3 Å². The van der Waals surface area contributed by atoms with Crippen LogP contribution in [0.1, 0.15) is 0 Å². The average Bonchev–Trinajstić information content (AvgIpc) is 2.74. The minimum absolute atomic E-state index is 0.941. The molecule has 0 fully saturated rings. The van der Waals surface area contributed by atoms with Crippen molar-refractivity contribution >= 4 is 7.25 Å². The highest BCUT2D eigenvalue weighted by molar-refractivity contribution is 6.50. The molecule has 0 radical (unpaired) electrons. The van der Waals surface area contributed by atoms with Gasteiger partial charge in [-0.2, -0.15) is 0 Å². The van der Waals surface area contributed by atoms with Gasteiger partial charge in [-0.25, -0.2) is 9.97 Å². The minimum Gasteiger partial charge on any atom is -0.418 e. The number of aromatic amines is 1. The predicted molar refractivity (Wildman–Crippen MR) is 107 cm³/mol. The topological polar surface area (TPSA) is 27.0 Å². The van der Waals surface area contributed by atoms with Crippen molar-refractivity contribution in [1.29, 1.82) is 0 Å². The summed E-state index contributed by atoms with van der Waals surface area (Å²) in [5.41, 5.74) is 6.39. The fourth-order valence-corrected chi connectivity index (χ4v) is 2.78. The highest BCUT2D eigenvalue weighted by atomic mass is 19.5. The van der Waals surface area contributed by atoms with Crippen LogP contribution in [0.3, 0.4) is 0 Å². The second kappa shape index (κ2) is 9.14. The summed E-state index contributed by atoms with van der Waals surface area (Å²) in [6.45, 7) is 0. The van der Waals surface area contributed by atoms with E-state index >= 15 is 0 Å². The molecule has 0 aliphatic carbocycles. The summed E-state index contributed by atoms with van der Waals surface area (Å²) in [5, 5.41) is 0. The predicted octanol–water partition coefficient (Wildman–Crippen LogP) is 6.20. The van der Waals surface area contributed by atoms with E-state index in [1.54, 1.807) is 0 Å². The van der Waals surface area contributed by atoms with Crippen molar-refractivity contribution in [3.05, 3.63) is 97.2 Å². The summed E-state index contributed by atoms with van der Waals surface area (Å²) < 4.78 is 39.0. The highest BCUT2D eigenvalue weighted by Gasteiger charge is 2.20. The van der Waals surface area contributed by atoms with Crippen molar-refractivity contribution in [3.63, 3.8) is 0 Å². The summed E-state index contributed by atoms with van der Waals surface area (Å²) in [6.07, 6.45) is 1.92. The van der Waals surface area contributed by atoms with Crippen molar-refractivity contribution in [1.82, 2.24) is 4.98 Å². The fourth-order valence-electron chi connectivity index (χ4n) is 2.78. The SMILES string of the molecule is F[B-](F)(F)F.c1ccc(-c2cc(-c3ccccc3)nc(-c3cccc[nH+]3)c2)cc1. The number of aromatic nitrogens is 2. The van der Waals surface area contributed by atoms with Crippen LogP contribution in [0.2, 0.25) is 0 Å². The molecule has 0 aliphatic rings. The molecule has 4 aromatic rings. The maximum absolute atomic E-state index is 9.75. The summed E-state index contributed by atoms with van der Waals surface area (Å²) in [5.74, 6) is 0. The van der Waals surface area contributed by atoms with Gasteiger partial charge in [-0.3, -0.25) is 0 Å². The monoisotopic (exact) mass is 396 g/mol. The van der Waals surface area contributed by atoms with Gasteiger partial charge in [0.05, 0.1) is 5.69 Å².